The molecule has 1 aliphatic heterocycles. The van der Waals surface area contributed by atoms with Gasteiger partial charge in [0, 0.05) is 24.5 Å². The molecule has 5 unspecified atom stereocenters. The van der Waals surface area contributed by atoms with Gasteiger partial charge in [-0.15, -0.1) is 0 Å². The summed E-state index contributed by atoms with van der Waals surface area (Å²) in [7, 11) is -1.06. The molecule has 31 heavy (non-hydrogen) atoms. The highest BCUT2D eigenvalue weighted by molar-refractivity contribution is 7.85. The van der Waals surface area contributed by atoms with Crippen LogP contribution in [0.5, 0.6) is 0 Å². The average molecular weight is 443 g/mol. The number of hydrogen-bond acceptors (Lipinski definition) is 6. The number of anilines is 4. The Hall–Kier alpha value is -3.01. The van der Waals surface area contributed by atoms with Gasteiger partial charge in [-0.25, -0.2) is 13.6 Å². The second-order valence-electron chi connectivity index (χ2n) is 8.18. The first-order valence-electron chi connectivity index (χ1n) is 10.2. The highest BCUT2D eigenvalue weighted by atomic mass is 32.2. The maximum Gasteiger partial charge on any atom is 0.229 e. The van der Waals surface area contributed by atoms with E-state index in [9.17, 15) is 13.4 Å². The third-order valence-electron chi connectivity index (χ3n) is 6.33. The topological polar surface area (TPSA) is 113 Å². The van der Waals surface area contributed by atoms with Gasteiger partial charge in [-0.3, -0.25) is 9.10 Å². The number of nitrogens with zero attached hydrogens (tertiary/aromatic N) is 3. The molecule has 5 rings (SSSR count). The molecule has 5 atom stereocenters. The summed E-state index contributed by atoms with van der Waals surface area (Å²) in [5.74, 6) is -0.860. The van der Waals surface area contributed by atoms with Gasteiger partial charge in [0.1, 0.15) is 11.0 Å². The van der Waals surface area contributed by atoms with E-state index in [0.717, 1.165) is 36.0 Å². The summed E-state index contributed by atoms with van der Waals surface area (Å²) in [6, 6.07) is 5.44. The van der Waals surface area contributed by atoms with Gasteiger partial charge in [0.05, 0.1) is 17.8 Å². The Morgan fingerprint density at radius 1 is 1.32 bits per heavy atom. The molecule has 2 bridgehead atoms. The molecule has 1 fully saturated rings. The number of primary amides is 1. The molecule has 162 valence electrons. The number of benzene rings is 1. The lowest BCUT2D eigenvalue weighted by molar-refractivity contribution is -0.122. The van der Waals surface area contributed by atoms with Gasteiger partial charge in [0.25, 0.3) is 0 Å². The van der Waals surface area contributed by atoms with Gasteiger partial charge in [-0.1, -0.05) is 12.2 Å². The van der Waals surface area contributed by atoms with Crippen molar-refractivity contribution in [2.45, 2.75) is 18.9 Å². The van der Waals surface area contributed by atoms with E-state index in [2.05, 4.69) is 26.7 Å². The van der Waals surface area contributed by atoms with Gasteiger partial charge in [0.15, 0.2) is 11.6 Å². The third kappa shape index (κ3) is 3.54. The van der Waals surface area contributed by atoms with Gasteiger partial charge in [0.2, 0.25) is 11.9 Å². The average Bonchev–Trinajstić information content (AvgIpc) is 3.44. The number of hydrogen-bond donors (Lipinski definition) is 3. The minimum atomic E-state index is -1.06. The molecule has 1 aromatic carbocycles. The summed E-state index contributed by atoms with van der Waals surface area (Å²) in [5.41, 5.74) is 8.40. The second kappa shape index (κ2) is 7.60. The molecule has 2 heterocycles. The Bertz CT molecular complexity index is 1110. The van der Waals surface area contributed by atoms with Crippen LogP contribution < -0.4 is 20.7 Å². The Kier molecular flexibility index (Phi) is 4.88. The SMILES string of the molecule is CS(=O)N1CCc2cc(Nc3ncc(F)c(NC4C5C=CC(C5)C4C(N)=O)n3)ccc21. The fourth-order valence-corrected chi connectivity index (χ4v) is 5.74. The fraction of sp³-hybridized carbons (Fsp3) is 0.381. The van der Waals surface area contributed by atoms with Crippen molar-refractivity contribution in [3.8, 4) is 0 Å². The molecule has 10 heteroatoms. The molecule has 0 radical (unpaired) electrons. The normalized spacial score (nSPS) is 26.7. The smallest absolute Gasteiger partial charge is 0.229 e. The summed E-state index contributed by atoms with van der Waals surface area (Å²) in [5, 5.41) is 6.21. The molecular formula is C21H23FN6O2S. The highest BCUT2D eigenvalue weighted by Gasteiger charge is 2.47. The van der Waals surface area contributed by atoms with Crippen molar-refractivity contribution in [1.29, 1.82) is 0 Å². The van der Waals surface area contributed by atoms with Gasteiger partial charge >= 0.3 is 0 Å². The number of amides is 1. The van der Waals surface area contributed by atoms with Gasteiger partial charge < -0.3 is 16.4 Å². The van der Waals surface area contributed by atoms with Crippen LogP contribution in [0.15, 0.2) is 36.5 Å². The summed E-state index contributed by atoms with van der Waals surface area (Å²) in [6.45, 7) is 0.710. The second-order valence-corrected chi connectivity index (χ2v) is 9.47. The minimum absolute atomic E-state index is 0.0448. The molecule has 1 saturated carbocycles. The monoisotopic (exact) mass is 442 g/mol. The van der Waals surface area contributed by atoms with E-state index in [1.807, 2.05) is 28.6 Å². The largest absolute Gasteiger partial charge is 0.369 e. The van der Waals surface area contributed by atoms with Crippen LogP contribution in [0.4, 0.5) is 27.5 Å². The van der Waals surface area contributed by atoms with Crippen molar-refractivity contribution >= 4 is 40.0 Å². The van der Waals surface area contributed by atoms with E-state index < -0.39 is 16.8 Å². The van der Waals surface area contributed by atoms with E-state index in [0.29, 0.717) is 6.54 Å². The van der Waals surface area contributed by atoms with Crippen LogP contribution in [0.25, 0.3) is 0 Å². The lowest BCUT2D eigenvalue weighted by Gasteiger charge is -2.27. The number of nitrogens with one attached hydrogen (secondary N) is 2. The summed E-state index contributed by atoms with van der Waals surface area (Å²) in [6.07, 6.45) is 8.47. The molecule has 1 amide bonds. The van der Waals surface area contributed by atoms with E-state index in [-0.39, 0.29) is 41.5 Å². The lowest BCUT2D eigenvalue weighted by atomic mass is 9.88. The number of aromatic nitrogens is 2. The standard InChI is InChI=1S/C21H23FN6O2S/c1-31(30)28-7-6-11-9-14(4-5-16(11)28)25-21-24-10-15(22)20(27-21)26-18-13-3-2-12(8-13)17(18)19(23)29/h2-5,9-10,12-13,17-18H,6-8H2,1H3,(H2,23,29)(H2,24,25,26,27). The van der Waals surface area contributed by atoms with E-state index in [4.69, 9.17) is 5.73 Å². The third-order valence-corrected chi connectivity index (χ3v) is 7.33. The van der Waals surface area contributed by atoms with Crippen LogP contribution >= 0.6 is 0 Å². The first-order valence-corrected chi connectivity index (χ1v) is 11.7. The molecule has 8 nitrogen and oxygen atoms in total. The molecule has 1 aromatic heterocycles. The zero-order chi connectivity index (χ0) is 21.7. The summed E-state index contributed by atoms with van der Waals surface area (Å²) >= 11 is 0. The maximum atomic E-state index is 14.4. The molecule has 4 N–H and O–H groups in total. The quantitative estimate of drug-likeness (QED) is 0.591. The van der Waals surface area contributed by atoms with Crippen molar-refractivity contribution < 1.29 is 13.4 Å². The first kappa shape index (κ1) is 19.9. The number of nitrogens with two attached hydrogens (primary N) is 1. The van der Waals surface area contributed by atoms with Crippen LogP contribution in [0.2, 0.25) is 0 Å². The number of allylic oxidation sites excluding steroid dienone is 1. The van der Waals surface area contributed by atoms with E-state index >= 15 is 0 Å². The van der Waals surface area contributed by atoms with Crippen LogP contribution in [-0.2, 0) is 22.2 Å². The van der Waals surface area contributed by atoms with Crippen molar-refractivity contribution in [3.63, 3.8) is 0 Å². The van der Waals surface area contributed by atoms with Crippen LogP contribution in [0, 0.1) is 23.6 Å². The van der Waals surface area contributed by atoms with Crippen LogP contribution in [0.1, 0.15) is 12.0 Å². The van der Waals surface area contributed by atoms with Crippen molar-refractivity contribution in [2.75, 3.05) is 27.7 Å². The predicted molar refractivity (Wildman–Crippen MR) is 118 cm³/mol. The van der Waals surface area contributed by atoms with Crippen molar-refractivity contribution in [2.24, 2.45) is 23.5 Å². The molecule has 2 aliphatic carbocycles. The fourth-order valence-electron chi connectivity index (χ4n) is 4.94. The van der Waals surface area contributed by atoms with Gasteiger partial charge in [-0.2, -0.15) is 4.98 Å². The Balaban J connectivity index is 1.36. The zero-order valence-electron chi connectivity index (χ0n) is 16.9. The lowest BCUT2D eigenvalue weighted by Crippen LogP contribution is -2.41. The molecule has 3 aliphatic rings. The van der Waals surface area contributed by atoms with Crippen LogP contribution in [-0.4, -0.2) is 38.9 Å². The Morgan fingerprint density at radius 3 is 2.90 bits per heavy atom. The van der Waals surface area contributed by atoms with Crippen molar-refractivity contribution in [3.05, 3.63) is 47.9 Å². The molecule has 0 spiro atoms. The zero-order valence-corrected chi connectivity index (χ0v) is 17.7. The predicted octanol–water partition coefficient (Wildman–Crippen LogP) is 2.10. The van der Waals surface area contributed by atoms with Gasteiger partial charge in [-0.05, 0) is 48.4 Å². The molecule has 2 aromatic rings. The summed E-state index contributed by atoms with van der Waals surface area (Å²) in [4.78, 5) is 20.3. The number of halogens is 1. The highest BCUT2D eigenvalue weighted by Crippen LogP contribution is 2.45. The number of rotatable bonds is 6. The minimum Gasteiger partial charge on any atom is -0.369 e. The van der Waals surface area contributed by atoms with Crippen molar-refractivity contribution in [1.82, 2.24) is 9.97 Å². The molecular weight excluding hydrogens is 419 g/mol. The summed E-state index contributed by atoms with van der Waals surface area (Å²) < 4.78 is 28.1. The first-order chi connectivity index (χ1) is 14.9. The Morgan fingerprint density at radius 2 is 2.13 bits per heavy atom. The Labute approximate surface area is 181 Å². The number of carbonyl (C=O) groups is 1. The molecule has 0 saturated heterocycles. The van der Waals surface area contributed by atoms with E-state index in [1.165, 1.54) is 0 Å². The number of fused-ring (bicyclic) bond motifs is 3. The van der Waals surface area contributed by atoms with Crippen LogP contribution in [0.3, 0.4) is 0 Å². The number of carbonyl (C=O) groups excluding carboxylic acids is 1. The van der Waals surface area contributed by atoms with E-state index in [1.54, 1.807) is 6.26 Å². The maximum absolute atomic E-state index is 14.4.